The van der Waals surface area contributed by atoms with Gasteiger partial charge in [0.15, 0.2) is 6.04 Å². The van der Waals surface area contributed by atoms with E-state index in [1.165, 1.54) is 24.3 Å². The Bertz CT molecular complexity index is 847. The average molecular weight is 440 g/mol. The third kappa shape index (κ3) is 5.13. The molecule has 0 unspecified atom stereocenters. The monoisotopic (exact) mass is 440 g/mol. The van der Waals surface area contributed by atoms with Gasteiger partial charge in [0, 0.05) is 16.6 Å². The summed E-state index contributed by atoms with van der Waals surface area (Å²) in [7, 11) is 0. The van der Waals surface area contributed by atoms with Crippen molar-refractivity contribution in [2.75, 3.05) is 11.5 Å². The first-order valence-corrected chi connectivity index (χ1v) is 10.7. The molecule has 1 heterocycles. The van der Waals surface area contributed by atoms with E-state index >= 15 is 0 Å². The van der Waals surface area contributed by atoms with Crippen LogP contribution in [0.1, 0.15) is 43.5 Å². The Morgan fingerprint density at radius 3 is 2.40 bits per heavy atom. The molecule has 0 radical (unpaired) electrons. The Balaban J connectivity index is 2.01. The molecular weight excluding hydrogens is 417 g/mol. The van der Waals surface area contributed by atoms with Crippen LogP contribution >= 0.6 is 11.3 Å². The van der Waals surface area contributed by atoms with Gasteiger partial charge in [-0.2, -0.15) is 13.2 Å². The van der Waals surface area contributed by atoms with Crippen LogP contribution in [-0.2, 0) is 9.59 Å². The molecule has 1 fully saturated rings. The van der Waals surface area contributed by atoms with Crippen LogP contribution in [0.25, 0.3) is 0 Å². The molecule has 9 heteroatoms. The Labute approximate surface area is 176 Å². The topological polar surface area (TPSA) is 58.6 Å². The molecular formula is C21H23F3N2O3S. The number of rotatable bonds is 7. The van der Waals surface area contributed by atoms with Crippen molar-refractivity contribution in [3.63, 3.8) is 0 Å². The van der Waals surface area contributed by atoms with Crippen molar-refractivity contribution in [1.29, 1.82) is 0 Å². The quantitative estimate of drug-likeness (QED) is 0.670. The van der Waals surface area contributed by atoms with Gasteiger partial charge in [-0.05, 0) is 55.5 Å². The first-order valence-electron chi connectivity index (χ1n) is 9.78. The smallest absolute Gasteiger partial charge is 0.471 e. The molecule has 0 aliphatic heterocycles. The molecule has 1 aromatic carbocycles. The van der Waals surface area contributed by atoms with Crippen molar-refractivity contribution in [3.05, 3.63) is 46.7 Å². The van der Waals surface area contributed by atoms with Crippen LogP contribution in [0.3, 0.4) is 0 Å². The molecule has 162 valence electrons. The Morgan fingerprint density at radius 2 is 1.87 bits per heavy atom. The number of hydrogen-bond acceptors (Lipinski definition) is 4. The molecule has 2 amide bonds. The molecule has 0 saturated heterocycles. The lowest BCUT2D eigenvalue weighted by Crippen LogP contribution is -2.50. The molecule has 1 aliphatic rings. The lowest BCUT2D eigenvalue weighted by molar-refractivity contribution is -0.171. The number of carbonyl (C=O) groups excluding carboxylic acids is 2. The second-order valence-electron chi connectivity index (χ2n) is 7.01. The van der Waals surface area contributed by atoms with Crippen molar-refractivity contribution < 1.29 is 27.5 Å². The highest BCUT2D eigenvalue weighted by Gasteiger charge is 2.48. The predicted molar refractivity (Wildman–Crippen MR) is 109 cm³/mol. The van der Waals surface area contributed by atoms with E-state index in [-0.39, 0.29) is 11.7 Å². The van der Waals surface area contributed by atoms with E-state index in [4.69, 9.17) is 4.74 Å². The number of carbonyl (C=O) groups is 2. The number of benzene rings is 1. The summed E-state index contributed by atoms with van der Waals surface area (Å²) in [5.74, 6) is -2.24. The lowest BCUT2D eigenvalue weighted by atomic mass is 10.1. The minimum Gasteiger partial charge on any atom is -0.494 e. The van der Waals surface area contributed by atoms with E-state index in [2.05, 4.69) is 5.32 Å². The number of amides is 2. The molecule has 1 saturated carbocycles. The second-order valence-corrected chi connectivity index (χ2v) is 7.99. The average Bonchev–Trinajstić information content (AvgIpc) is 3.40. The van der Waals surface area contributed by atoms with E-state index in [9.17, 15) is 22.8 Å². The van der Waals surface area contributed by atoms with Crippen molar-refractivity contribution in [1.82, 2.24) is 5.32 Å². The number of nitrogens with zero attached hydrogens (tertiary/aromatic N) is 1. The predicted octanol–water partition coefficient (Wildman–Crippen LogP) is 4.84. The number of halogens is 3. The zero-order valence-electron chi connectivity index (χ0n) is 16.4. The molecule has 0 spiro atoms. The fourth-order valence-corrected chi connectivity index (χ4v) is 4.37. The molecule has 3 rings (SSSR count). The summed E-state index contributed by atoms with van der Waals surface area (Å²) in [4.78, 5) is 26.5. The van der Waals surface area contributed by atoms with Crippen molar-refractivity contribution in [3.8, 4) is 5.75 Å². The number of thiophene rings is 1. The van der Waals surface area contributed by atoms with Crippen molar-refractivity contribution in [2.45, 2.75) is 50.9 Å². The summed E-state index contributed by atoms with van der Waals surface area (Å²) in [5, 5.41) is 4.50. The Morgan fingerprint density at radius 1 is 1.20 bits per heavy atom. The van der Waals surface area contributed by atoms with E-state index in [0.29, 0.717) is 22.1 Å². The normalized spacial score (nSPS) is 15.6. The van der Waals surface area contributed by atoms with Crippen LogP contribution in [0.4, 0.5) is 18.9 Å². The fraction of sp³-hybridized carbons (Fsp3) is 0.429. The van der Waals surface area contributed by atoms with Gasteiger partial charge in [0.05, 0.1) is 6.61 Å². The fourth-order valence-electron chi connectivity index (χ4n) is 3.56. The standard InChI is InChI=1S/C21H23F3N2O3S/c1-2-29-16-11-9-15(10-12-16)26(20(28)21(22,23)24)18(17-8-5-13-30-17)19(27)25-14-6-3-4-7-14/h5,8-14,18H,2-4,6-7H2,1H3,(H,25,27)/t18-/m0/s1. The summed E-state index contributed by atoms with van der Waals surface area (Å²) in [6.45, 7) is 2.18. The highest BCUT2D eigenvalue weighted by atomic mass is 32.1. The number of ether oxygens (including phenoxy) is 1. The molecule has 1 aromatic heterocycles. The van der Waals surface area contributed by atoms with Gasteiger partial charge < -0.3 is 10.1 Å². The van der Waals surface area contributed by atoms with Crippen molar-refractivity contribution >= 4 is 28.8 Å². The van der Waals surface area contributed by atoms with E-state index in [0.717, 1.165) is 37.0 Å². The van der Waals surface area contributed by atoms with E-state index < -0.39 is 24.0 Å². The van der Waals surface area contributed by atoms with Gasteiger partial charge in [0.2, 0.25) is 5.91 Å². The summed E-state index contributed by atoms with van der Waals surface area (Å²) in [5.41, 5.74) is -0.0271. The highest BCUT2D eigenvalue weighted by molar-refractivity contribution is 7.10. The van der Waals surface area contributed by atoms with E-state index in [1.807, 2.05) is 0 Å². The van der Waals surface area contributed by atoms with E-state index in [1.54, 1.807) is 24.4 Å². The number of anilines is 1. The van der Waals surface area contributed by atoms with Gasteiger partial charge >= 0.3 is 12.1 Å². The van der Waals surface area contributed by atoms with Crippen molar-refractivity contribution in [2.24, 2.45) is 0 Å². The van der Waals surface area contributed by atoms with Crippen LogP contribution in [0.2, 0.25) is 0 Å². The second kappa shape index (κ2) is 9.51. The zero-order chi connectivity index (χ0) is 21.7. The van der Waals surface area contributed by atoms with Gasteiger partial charge in [-0.3, -0.25) is 14.5 Å². The molecule has 1 N–H and O–H groups in total. The molecule has 1 atom stereocenters. The van der Waals surface area contributed by atoms with Crippen LogP contribution in [-0.4, -0.2) is 30.6 Å². The van der Waals surface area contributed by atoms with Gasteiger partial charge in [-0.15, -0.1) is 11.3 Å². The van der Waals surface area contributed by atoms with Crippen LogP contribution < -0.4 is 15.0 Å². The summed E-state index contributed by atoms with van der Waals surface area (Å²) >= 11 is 1.13. The maximum atomic E-state index is 13.5. The number of hydrogen-bond donors (Lipinski definition) is 1. The van der Waals surface area contributed by atoms with Gasteiger partial charge in [-0.25, -0.2) is 0 Å². The summed E-state index contributed by atoms with van der Waals surface area (Å²) in [6, 6.07) is 7.38. The first-order chi connectivity index (χ1) is 14.3. The van der Waals surface area contributed by atoms with Crippen LogP contribution in [0.15, 0.2) is 41.8 Å². The van der Waals surface area contributed by atoms with Crippen LogP contribution in [0, 0.1) is 0 Å². The van der Waals surface area contributed by atoms with Gasteiger partial charge in [0.25, 0.3) is 0 Å². The molecule has 5 nitrogen and oxygen atoms in total. The Hall–Kier alpha value is -2.55. The number of nitrogens with one attached hydrogen (secondary N) is 1. The largest absolute Gasteiger partial charge is 0.494 e. The third-order valence-corrected chi connectivity index (χ3v) is 5.83. The molecule has 30 heavy (non-hydrogen) atoms. The third-order valence-electron chi connectivity index (χ3n) is 4.91. The van der Waals surface area contributed by atoms with Crippen LogP contribution in [0.5, 0.6) is 5.75 Å². The van der Waals surface area contributed by atoms with Gasteiger partial charge in [0.1, 0.15) is 5.75 Å². The minimum absolute atomic E-state index is 0.0271. The lowest BCUT2D eigenvalue weighted by Gasteiger charge is -2.32. The molecule has 2 aromatic rings. The summed E-state index contributed by atoms with van der Waals surface area (Å²) in [6.07, 6.45) is -1.67. The van der Waals surface area contributed by atoms with Gasteiger partial charge in [-0.1, -0.05) is 18.9 Å². The zero-order valence-corrected chi connectivity index (χ0v) is 17.3. The maximum Gasteiger partial charge on any atom is 0.471 e. The molecule has 1 aliphatic carbocycles. The summed E-state index contributed by atoms with van der Waals surface area (Å²) < 4.78 is 45.9. The minimum atomic E-state index is -5.14. The SMILES string of the molecule is CCOc1ccc(N(C(=O)C(F)(F)F)[C@H](C(=O)NC2CCCC2)c2cccs2)cc1. The number of alkyl halides is 3. The maximum absolute atomic E-state index is 13.5. The molecule has 0 bridgehead atoms. The highest BCUT2D eigenvalue weighted by Crippen LogP contribution is 2.35. The first kappa shape index (κ1) is 22.1. The Kier molecular flexibility index (Phi) is 7.02.